The number of aromatic hydroxyl groups is 1. The van der Waals surface area contributed by atoms with E-state index in [0.717, 1.165) is 21.9 Å². The number of aliphatic hydroxyl groups excluding tert-OH is 1. The van der Waals surface area contributed by atoms with E-state index in [1.54, 1.807) is 12.1 Å². The number of β-amino-alcohol motifs (C(OH)–C–C–N with tert-alkyl or cyclic N) is 1. The van der Waals surface area contributed by atoms with E-state index >= 15 is 0 Å². The molecule has 240 valence electrons. The minimum atomic E-state index is -1.08. The Morgan fingerprint density at radius 1 is 0.978 bits per heavy atom. The molecule has 1 aliphatic heterocycles. The van der Waals surface area contributed by atoms with Gasteiger partial charge in [0, 0.05) is 23.9 Å². The highest BCUT2D eigenvalue weighted by molar-refractivity contribution is 6.00. The van der Waals surface area contributed by atoms with Crippen LogP contribution >= 0.6 is 0 Å². The van der Waals surface area contributed by atoms with Crippen LogP contribution in [0.1, 0.15) is 47.8 Å². The van der Waals surface area contributed by atoms with Gasteiger partial charge >= 0.3 is 5.97 Å². The fourth-order valence-electron chi connectivity index (χ4n) is 5.10. The van der Waals surface area contributed by atoms with Crippen LogP contribution in [0.5, 0.6) is 5.75 Å². The Kier molecular flexibility index (Phi) is 11.3. The lowest BCUT2D eigenvalue weighted by Crippen LogP contribution is -2.42. The summed E-state index contributed by atoms with van der Waals surface area (Å²) in [5, 5.41) is 42.5. The quantitative estimate of drug-likeness (QED) is 0.144. The van der Waals surface area contributed by atoms with Crippen molar-refractivity contribution in [3.05, 3.63) is 95.6 Å². The van der Waals surface area contributed by atoms with Crippen molar-refractivity contribution in [1.29, 1.82) is 0 Å². The number of carboxylic acid groups (broad SMARTS) is 1. The summed E-state index contributed by atoms with van der Waals surface area (Å²) in [6, 6.07) is 23.0. The summed E-state index contributed by atoms with van der Waals surface area (Å²) in [6.07, 6.45) is -0.936. The van der Waals surface area contributed by atoms with Gasteiger partial charge in [-0.15, -0.1) is 0 Å². The van der Waals surface area contributed by atoms with E-state index in [2.05, 4.69) is 57.4 Å². The number of aliphatic imine (C=N–C) groups is 1. The Balaban J connectivity index is 0.00000235. The molecule has 0 bridgehead atoms. The summed E-state index contributed by atoms with van der Waals surface area (Å²) >= 11 is 0. The smallest absolute Gasteiger partial charge is 0.305 e. The zero-order valence-corrected chi connectivity index (χ0v) is 26.0. The molecule has 0 fully saturated rings. The van der Waals surface area contributed by atoms with E-state index < -0.39 is 36.5 Å². The van der Waals surface area contributed by atoms with Crippen molar-refractivity contribution in [2.75, 3.05) is 25.0 Å². The summed E-state index contributed by atoms with van der Waals surface area (Å²) in [5.74, 6) is -2.06. The average molecular weight is 626 g/mol. The highest BCUT2D eigenvalue weighted by Crippen LogP contribution is 2.31. The standard InChI is InChI=1S/C33H33N5O6.C2H6/c1-19-6-11-27(28-5-3-2-4-26(19)28)20-7-9-21(10-8-20)29(15-31(42)43)38-30(41)18-34-32(44)22-12-23(14-24(39)13-22)37-33-35-16-25(40)17-36-33;1-2/h2-14,25,29,39-40H,15-18H2,1H3,(H,34,44)(H,38,41)(H,42,43)(H2,35,36,37);1-2H3. The minimum Gasteiger partial charge on any atom is -0.508 e. The number of benzene rings is 4. The molecule has 0 spiro atoms. The number of aliphatic hydroxyl groups is 1. The molecule has 2 atom stereocenters. The van der Waals surface area contributed by atoms with Gasteiger partial charge in [-0.2, -0.15) is 0 Å². The molecule has 4 aromatic rings. The number of rotatable bonds is 9. The molecule has 0 aromatic heterocycles. The largest absolute Gasteiger partial charge is 0.508 e. The van der Waals surface area contributed by atoms with Gasteiger partial charge < -0.3 is 36.6 Å². The molecular formula is C35H39N5O6. The number of amides is 2. The molecule has 46 heavy (non-hydrogen) atoms. The molecule has 11 nitrogen and oxygen atoms in total. The third-order valence-electron chi connectivity index (χ3n) is 7.30. The number of carbonyl (C=O) groups is 3. The second-order valence-corrected chi connectivity index (χ2v) is 10.6. The van der Waals surface area contributed by atoms with Crippen molar-refractivity contribution in [2.24, 2.45) is 4.99 Å². The zero-order chi connectivity index (χ0) is 33.2. The van der Waals surface area contributed by atoms with Crippen LogP contribution in [-0.2, 0) is 9.59 Å². The zero-order valence-electron chi connectivity index (χ0n) is 26.0. The maximum Gasteiger partial charge on any atom is 0.305 e. The summed E-state index contributed by atoms with van der Waals surface area (Å²) in [4.78, 5) is 41.4. The molecule has 7 N–H and O–H groups in total. The summed E-state index contributed by atoms with van der Waals surface area (Å²) < 4.78 is 0. The first kappa shape index (κ1) is 33.5. The van der Waals surface area contributed by atoms with Crippen molar-refractivity contribution in [3.8, 4) is 16.9 Å². The van der Waals surface area contributed by atoms with Gasteiger partial charge in [-0.1, -0.05) is 74.5 Å². The number of nitrogens with zero attached hydrogens (tertiary/aromatic N) is 1. The lowest BCUT2D eigenvalue weighted by Gasteiger charge is -2.20. The van der Waals surface area contributed by atoms with E-state index in [0.29, 0.717) is 23.8 Å². The van der Waals surface area contributed by atoms with Crippen LogP contribution in [0.3, 0.4) is 0 Å². The van der Waals surface area contributed by atoms with E-state index in [-0.39, 0.29) is 24.3 Å². The summed E-state index contributed by atoms with van der Waals surface area (Å²) in [6.45, 7) is 6.18. The Bertz CT molecular complexity index is 1740. The number of hydrogen-bond acceptors (Lipinski definition) is 8. The fourth-order valence-corrected chi connectivity index (χ4v) is 5.10. The predicted molar refractivity (Wildman–Crippen MR) is 179 cm³/mol. The van der Waals surface area contributed by atoms with Gasteiger partial charge in [-0.05, 0) is 52.1 Å². The summed E-state index contributed by atoms with van der Waals surface area (Å²) in [7, 11) is 0. The van der Waals surface area contributed by atoms with E-state index in [4.69, 9.17) is 0 Å². The van der Waals surface area contributed by atoms with Crippen LogP contribution < -0.4 is 21.3 Å². The van der Waals surface area contributed by atoms with Crippen molar-refractivity contribution >= 4 is 40.2 Å². The molecule has 2 unspecified atom stereocenters. The topological polar surface area (TPSA) is 172 Å². The number of hydrogen-bond donors (Lipinski definition) is 7. The molecule has 11 heteroatoms. The van der Waals surface area contributed by atoms with Gasteiger partial charge in [-0.3, -0.25) is 19.4 Å². The first-order chi connectivity index (χ1) is 22.2. The Morgan fingerprint density at radius 2 is 1.70 bits per heavy atom. The molecule has 1 aliphatic rings. The van der Waals surface area contributed by atoms with Gasteiger partial charge in [0.1, 0.15) is 5.75 Å². The lowest BCUT2D eigenvalue weighted by molar-refractivity contribution is -0.137. The number of fused-ring (bicyclic) bond motifs is 1. The molecule has 4 aromatic carbocycles. The van der Waals surface area contributed by atoms with Crippen molar-refractivity contribution < 1.29 is 29.7 Å². The van der Waals surface area contributed by atoms with Crippen LogP contribution in [0.15, 0.2) is 83.9 Å². The van der Waals surface area contributed by atoms with E-state index in [9.17, 15) is 29.7 Å². The third-order valence-corrected chi connectivity index (χ3v) is 7.30. The van der Waals surface area contributed by atoms with Crippen molar-refractivity contribution in [1.82, 2.24) is 16.0 Å². The summed E-state index contributed by atoms with van der Waals surface area (Å²) in [5.41, 5.74) is 4.27. The Hall–Kier alpha value is -5.42. The van der Waals surface area contributed by atoms with Crippen molar-refractivity contribution in [2.45, 2.75) is 39.3 Å². The maximum absolute atomic E-state index is 12.8. The number of carboxylic acids is 1. The molecule has 0 saturated heterocycles. The maximum atomic E-state index is 12.8. The molecule has 1 heterocycles. The predicted octanol–water partition coefficient (Wildman–Crippen LogP) is 4.34. The number of guanidine groups is 1. The molecule has 0 radical (unpaired) electrons. The monoisotopic (exact) mass is 625 g/mol. The van der Waals surface area contributed by atoms with Gasteiger partial charge in [0.15, 0.2) is 5.96 Å². The highest BCUT2D eigenvalue weighted by atomic mass is 16.4. The van der Waals surface area contributed by atoms with Crippen LogP contribution in [-0.4, -0.2) is 64.8 Å². The van der Waals surface area contributed by atoms with E-state index in [1.807, 2.05) is 38.1 Å². The number of nitrogens with one attached hydrogen (secondary N) is 4. The second-order valence-electron chi connectivity index (χ2n) is 10.6. The van der Waals surface area contributed by atoms with E-state index in [1.165, 1.54) is 23.8 Å². The molecule has 5 rings (SSSR count). The molecule has 0 aliphatic carbocycles. The first-order valence-electron chi connectivity index (χ1n) is 15.1. The Labute approximate surface area is 267 Å². The lowest BCUT2D eigenvalue weighted by atomic mass is 9.94. The number of carbonyl (C=O) groups excluding carboxylic acids is 2. The van der Waals surface area contributed by atoms with Crippen LogP contribution in [0.25, 0.3) is 21.9 Å². The third kappa shape index (κ3) is 8.60. The van der Waals surface area contributed by atoms with Crippen molar-refractivity contribution in [3.63, 3.8) is 0 Å². The first-order valence-corrected chi connectivity index (χ1v) is 15.1. The Morgan fingerprint density at radius 3 is 2.37 bits per heavy atom. The average Bonchev–Trinajstić information content (AvgIpc) is 3.05. The van der Waals surface area contributed by atoms with Crippen LogP contribution in [0.4, 0.5) is 5.69 Å². The number of phenols is 1. The molecule has 2 amide bonds. The highest BCUT2D eigenvalue weighted by Gasteiger charge is 2.20. The molecule has 0 saturated carbocycles. The van der Waals surface area contributed by atoms with Gasteiger partial charge in [0.05, 0.1) is 31.7 Å². The minimum absolute atomic E-state index is 0.0954. The SMILES string of the molecule is CC.Cc1ccc(-c2ccc(C(CC(=O)O)NC(=O)CNC(=O)c3cc(O)cc(NC4=NCC(O)CN4)c3)cc2)c2ccccc12. The fraction of sp³-hybridized carbons (Fsp3) is 0.257. The number of aliphatic carboxylic acids is 1. The second kappa shape index (κ2) is 15.5. The molecular weight excluding hydrogens is 586 g/mol. The van der Waals surface area contributed by atoms with Crippen LogP contribution in [0.2, 0.25) is 0 Å². The van der Waals surface area contributed by atoms with Crippen LogP contribution in [0, 0.1) is 6.92 Å². The number of aryl methyl sites for hydroxylation is 1. The normalized spacial score (nSPS) is 14.5. The van der Waals surface area contributed by atoms with Gasteiger partial charge in [-0.25, -0.2) is 0 Å². The van der Waals surface area contributed by atoms with Gasteiger partial charge in [0.25, 0.3) is 5.91 Å². The number of anilines is 1. The number of phenolic OH excluding ortho intramolecular Hbond substituents is 1. The van der Waals surface area contributed by atoms with Gasteiger partial charge in [0.2, 0.25) is 5.91 Å².